The molecular weight excluding hydrogens is 254 g/mol. The highest BCUT2D eigenvalue weighted by atomic mass is 16.5. The maximum absolute atomic E-state index is 11.9. The van der Waals surface area contributed by atoms with Crippen LogP contribution in [0.2, 0.25) is 0 Å². The number of aromatic nitrogens is 2. The van der Waals surface area contributed by atoms with E-state index in [2.05, 4.69) is 10.1 Å². The number of amides is 1. The lowest BCUT2D eigenvalue weighted by Crippen LogP contribution is -2.25. The molecule has 0 N–H and O–H groups in total. The molecule has 3 rings (SSSR count). The number of benzene rings is 1. The third-order valence-corrected chi connectivity index (χ3v) is 3.72. The van der Waals surface area contributed by atoms with Gasteiger partial charge in [-0.25, -0.2) is 0 Å². The van der Waals surface area contributed by atoms with E-state index < -0.39 is 0 Å². The zero-order valence-corrected chi connectivity index (χ0v) is 11.5. The van der Waals surface area contributed by atoms with Crippen molar-refractivity contribution in [2.75, 3.05) is 13.6 Å². The zero-order chi connectivity index (χ0) is 13.9. The molecule has 0 aliphatic carbocycles. The molecule has 1 fully saturated rings. The molecule has 1 unspecified atom stereocenters. The summed E-state index contributed by atoms with van der Waals surface area (Å²) in [6, 6.07) is 9.72. The van der Waals surface area contributed by atoms with Gasteiger partial charge in [0.1, 0.15) is 0 Å². The fraction of sp³-hybridized carbons (Fsp3) is 0.400. The predicted molar refractivity (Wildman–Crippen MR) is 74.0 cm³/mol. The Labute approximate surface area is 117 Å². The van der Waals surface area contributed by atoms with Crippen molar-refractivity contribution in [3.63, 3.8) is 0 Å². The molecule has 104 valence electrons. The minimum Gasteiger partial charge on any atom is -0.346 e. The molecule has 5 heteroatoms. The van der Waals surface area contributed by atoms with Gasteiger partial charge in [-0.05, 0) is 12.8 Å². The van der Waals surface area contributed by atoms with Crippen molar-refractivity contribution in [2.24, 2.45) is 0 Å². The Hall–Kier alpha value is -2.17. The third kappa shape index (κ3) is 2.57. The monoisotopic (exact) mass is 271 g/mol. The predicted octanol–water partition coefficient (Wildman–Crippen LogP) is 2.46. The highest BCUT2D eigenvalue weighted by Crippen LogP contribution is 2.28. The van der Waals surface area contributed by atoms with E-state index in [-0.39, 0.29) is 11.8 Å². The lowest BCUT2D eigenvalue weighted by atomic mass is 10.0. The van der Waals surface area contributed by atoms with Crippen molar-refractivity contribution in [1.29, 1.82) is 0 Å². The SMILES string of the molecule is CN1CCCC(c2nc(-c3ccccc3)no2)CC1=O. The second-order valence-corrected chi connectivity index (χ2v) is 5.18. The summed E-state index contributed by atoms with van der Waals surface area (Å²) in [5.41, 5.74) is 0.930. The van der Waals surface area contributed by atoms with Crippen LogP contribution in [0.3, 0.4) is 0 Å². The summed E-state index contributed by atoms with van der Waals surface area (Å²) in [6.07, 6.45) is 2.33. The number of rotatable bonds is 2. The molecule has 0 saturated carbocycles. The zero-order valence-electron chi connectivity index (χ0n) is 11.5. The van der Waals surface area contributed by atoms with Gasteiger partial charge in [-0.15, -0.1) is 0 Å². The van der Waals surface area contributed by atoms with E-state index >= 15 is 0 Å². The van der Waals surface area contributed by atoms with Crippen molar-refractivity contribution in [2.45, 2.75) is 25.2 Å². The Balaban J connectivity index is 1.81. The molecule has 1 saturated heterocycles. The molecule has 1 amide bonds. The largest absolute Gasteiger partial charge is 0.346 e. The highest BCUT2D eigenvalue weighted by Gasteiger charge is 2.26. The van der Waals surface area contributed by atoms with Gasteiger partial charge in [0.15, 0.2) is 0 Å². The summed E-state index contributed by atoms with van der Waals surface area (Å²) >= 11 is 0. The van der Waals surface area contributed by atoms with E-state index in [9.17, 15) is 4.79 Å². The molecular formula is C15H17N3O2. The van der Waals surface area contributed by atoms with Crippen LogP contribution in [0, 0.1) is 0 Å². The van der Waals surface area contributed by atoms with Crippen molar-refractivity contribution in [3.8, 4) is 11.4 Å². The first-order chi connectivity index (χ1) is 9.74. The van der Waals surface area contributed by atoms with E-state index in [1.807, 2.05) is 37.4 Å². The summed E-state index contributed by atoms with van der Waals surface area (Å²) < 4.78 is 5.37. The van der Waals surface area contributed by atoms with Gasteiger partial charge < -0.3 is 9.42 Å². The van der Waals surface area contributed by atoms with Crippen molar-refractivity contribution >= 4 is 5.91 Å². The second kappa shape index (κ2) is 5.45. The lowest BCUT2D eigenvalue weighted by Gasteiger charge is -2.12. The van der Waals surface area contributed by atoms with Crippen molar-refractivity contribution in [3.05, 3.63) is 36.2 Å². The third-order valence-electron chi connectivity index (χ3n) is 3.72. The molecule has 1 aliphatic heterocycles. The van der Waals surface area contributed by atoms with E-state index in [0.717, 1.165) is 24.9 Å². The van der Waals surface area contributed by atoms with E-state index in [1.54, 1.807) is 4.90 Å². The average Bonchev–Trinajstić information content (AvgIpc) is 2.90. The van der Waals surface area contributed by atoms with Crippen LogP contribution in [-0.2, 0) is 4.79 Å². The Morgan fingerprint density at radius 1 is 1.30 bits per heavy atom. The molecule has 1 aliphatic rings. The van der Waals surface area contributed by atoms with E-state index in [1.165, 1.54) is 0 Å². The first-order valence-electron chi connectivity index (χ1n) is 6.87. The van der Waals surface area contributed by atoms with Crippen LogP contribution in [0.5, 0.6) is 0 Å². The summed E-state index contributed by atoms with van der Waals surface area (Å²) in [5, 5.41) is 4.03. The van der Waals surface area contributed by atoms with Gasteiger partial charge in [0.05, 0.1) is 0 Å². The van der Waals surface area contributed by atoms with Crippen LogP contribution in [0.25, 0.3) is 11.4 Å². The standard InChI is InChI=1S/C15H17N3O2/c1-18-9-5-8-12(10-13(18)19)15-16-14(17-20-15)11-6-3-2-4-7-11/h2-4,6-7,12H,5,8-10H2,1H3. The molecule has 1 atom stereocenters. The Kier molecular flexibility index (Phi) is 3.50. The van der Waals surface area contributed by atoms with Gasteiger partial charge in [-0.1, -0.05) is 35.5 Å². The van der Waals surface area contributed by atoms with Crippen LogP contribution in [-0.4, -0.2) is 34.5 Å². The van der Waals surface area contributed by atoms with Crippen LogP contribution < -0.4 is 0 Å². The summed E-state index contributed by atoms with van der Waals surface area (Å²) in [4.78, 5) is 18.1. The molecule has 1 aromatic heterocycles. The fourth-order valence-corrected chi connectivity index (χ4v) is 2.48. The summed E-state index contributed by atoms with van der Waals surface area (Å²) in [5.74, 6) is 1.35. The lowest BCUT2D eigenvalue weighted by molar-refractivity contribution is -0.129. The number of carbonyl (C=O) groups excluding carboxylic acids is 1. The van der Waals surface area contributed by atoms with Crippen LogP contribution in [0.4, 0.5) is 0 Å². The van der Waals surface area contributed by atoms with Crippen molar-refractivity contribution in [1.82, 2.24) is 15.0 Å². The number of nitrogens with zero attached hydrogens (tertiary/aromatic N) is 3. The molecule has 20 heavy (non-hydrogen) atoms. The molecule has 5 nitrogen and oxygen atoms in total. The van der Waals surface area contributed by atoms with Crippen LogP contribution in [0.1, 0.15) is 31.1 Å². The molecule has 2 aromatic rings. The topological polar surface area (TPSA) is 59.2 Å². The van der Waals surface area contributed by atoms with Gasteiger partial charge >= 0.3 is 0 Å². The number of hydrogen-bond donors (Lipinski definition) is 0. The summed E-state index contributed by atoms with van der Waals surface area (Å²) in [6.45, 7) is 0.801. The Morgan fingerprint density at radius 3 is 2.90 bits per heavy atom. The van der Waals surface area contributed by atoms with Crippen LogP contribution in [0.15, 0.2) is 34.9 Å². The molecule has 1 aromatic carbocycles. The number of likely N-dealkylation sites (tertiary alicyclic amines) is 1. The normalized spacial score (nSPS) is 19.9. The van der Waals surface area contributed by atoms with Crippen LogP contribution >= 0.6 is 0 Å². The van der Waals surface area contributed by atoms with E-state index in [0.29, 0.717) is 18.1 Å². The van der Waals surface area contributed by atoms with Gasteiger partial charge in [-0.2, -0.15) is 4.98 Å². The minimum atomic E-state index is 0.0393. The molecule has 0 radical (unpaired) electrons. The number of carbonyl (C=O) groups is 1. The van der Waals surface area contributed by atoms with Gasteiger partial charge in [-0.3, -0.25) is 4.79 Å². The maximum Gasteiger partial charge on any atom is 0.230 e. The number of hydrogen-bond acceptors (Lipinski definition) is 4. The molecule has 0 bridgehead atoms. The van der Waals surface area contributed by atoms with Gasteiger partial charge in [0, 0.05) is 31.5 Å². The van der Waals surface area contributed by atoms with Crippen molar-refractivity contribution < 1.29 is 9.32 Å². The average molecular weight is 271 g/mol. The molecule has 2 heterocycles. The highest BCUT2D eigenvalue weighted by molar-refractivity contribution is 5.77. The second-order valence-electron chi connectivity index (χ2n) is 5.18. The molecule has 0 spiro atoms. The smallest absolute Gasteiger partial charge is 0.230 e. The van der Waals surface area contributed by atoms with Gasteiger partial charge in [0.25, 0.3) is 0 Å². The summed E-state index contributed by atoms with van der Waals surface area (Å²) in [7, 11) is 1.84. The Bertz CT molecular complexity index is 594. The first-order valence-corrected chi connectivity index (χ1v) is 6.87. The minimum absolute atomic E-state index is 0.0393. The Morgan fingerprint density at radius 2 is 2.10 bits per heavy atom. The van der Waals surface area contributed by atoms with E-state index in [4.69, 9.17) is 4.52 Å². The first kappa shape index (κ1) is 12.8. The maximum atomic E-state index is 11.9. The fourth-order valence-electron chi connectivity index (χ4n) is 2.48. The quantitative estimate of drug-likeness (QED) is 0.842. The van der Waals surface area contributed by atoms with Gasteiger partial charge in [0.2, 0.25) is 17.6 Å².